The number of aryl methyl sites for hydroxylation is 1. The van der Waals surface area contributed by atoms with Crippen molar-refractivity contribution < 1.29 is 14.4 Å². The first-order valence-corrected chi connectivity index (χ1v) is 15.3. The van der Waals surface area contributed by atoms with Crippen molar-refractivity contribution in [2.75, 3.05) is 0 Å². The third kappa shape index (κ3) is 9.18. The zero-order valence-corrected chi connectivity index (χ0v) is 25.0. The van der Waals surface area contributed by atoms with E-state index in [4.69, 9.17) is 0 Å². The molecule has 1 aromatic rings. The average Bonchev–Trinajstić information content (AvgIpc) is 2.82. The van der Waals surface area contributed by atoms with Crippen LogP contribution < -0.4 is 0 Å². The third-order valence-corrected chi connectivity index (χ3v) is 8.65. The largest absolute Gasteiger partial charge is 0.300 e. The molecule has 0 saturated heterocycles. The summed E-state index contributed by atoms with van der Waals surface area (Å²) >= 11 is 0. The zero-order valence-electron chi connectivity index (χ0n) is 25.0. The lowest BCUT2D eigenvalue weighted by atomic mass is 9.70. The summed E-state index contributed by atoms with van der Waals surface area (Å²) in [5.41, 5.74) is 4.81. The highest BCUT2D eigenvalue weighted by Gasteiger charge is 2.34. The molecule has 37 heavy (non-hydrogen) atoms. The van der Waals surface area contributed by atoms with Gasteiger partial charge in [0.2, 0.25) is 0 Å². The zero-order chi connectivity index (χ0) is 27.5. The van der Waals surface area contributed by atoms with Gasteiger partial charge in [0, 0.05) is 17.9 Å². The lowest BCUT2D eigenvalue weighted by Crippen LogP contribution is -2.30. The lowest BCUT2D eigenvalue weighted by Gasteiger charge is -2.33. The first-order valence-electron chi connectivity index (χ1n) is 15.3. The molecule has 0 aromatic heterocycles. The Kier molecular flexibility index (Phi) is 13.3. The molecule has 3 rings (SSSR count). The summed E-state index contributed by atoms with van der Waals surface area (Å²) in [6.07, 6.45) is 12.9. The molecule has 3 unspecified atom stereocenters. The maximum atomic E-state index is 13.4. The number of carbonyl (C=O) groups is 3. The van der Waals surface area contributed by atoms with Crippen molar-refractivity contribution in [1.82, 2.24) is 0 Å². The van der Waals surface area contributed by atoms with Crippen molar-refractivity contribution in [3.63, 3.8) is 0 Å². The standard InChI is InChI=1S/C31H46O3.C3H8/c1-6-8-25(27(7-2)29(33)15-22(5)32)17-24-18-28-26(16-23-12-9-20(3)10-13-23)14-11-21(4)31(28)30(34)19-24;1-3-2/h11,14,20,23-25,27H,6-10,12-13,15-19H2,1-5H3;3H2,1-2H3. The van der Waals surface area contributed by atoms with E-state index in [1.807, 2.05) is 0 Å². The van der Waals surface area contributed by atoms with Gasteiger partial charge in [-0.2, -0.15) is 0 Å². The van der Waals surface area contributed by atoms with Gasteiger partial charge in [-0.3, -0.25) is 14.4 Å². The Morgan fingerprint density at radius 3 is 2.19 bits per heavy atom. The van der Waals surface area contributed by atoms with Crippen LogP contribution in [0.4, 0.5) is 0 Å². The van der Waals surface area contributed by atoms with Crippen LogP contribution in [0.25, 0.3) is 0 Å². The molecule has 0 heterocycles. The van der Waals surface area contributed by atoms with Crippen molar-refractivity contribution >= 4 is 17.3 Å². The fourth-order valence-corrected chi connectivity index (χ4v) is 6.84. The monoisotopic (exact) mass is 510 g/mol. The van der Waals surface area contributed by atoms with Crippen LogP contribution in [0.1, 0.15) is 139 Å². The Balaban J connectivity index is 0.00000153. The molecule has 3 atom stereocenters. The molecule has 3 heteroatoms. The number of benzene rings is 1. The van der Waals surface area contributed by atoms with Crippen LogP contribution >= 0.6 is 0 Å². The van der Waals surface area contributed by atoms with Crippen molar-refractivity contribution in [2.45, 2.75) is 132 Å². The third-order valence-electron chi connectivity index (χ3n) is 8.65. The van der Waals surface area contributed by atoms with Crippen molar-refractivity contribution in [3.05, 3.63) is 34.4 Å². The minimum Gasteiger partial charge on any atom is -0.300 e. The van der Waals surface area contributed by atoms with Crippen molar-refractivity contribution in [3.8, 4) is 0 Å². The molecule has 0 N–H and O–H groups in total. The van der Waals surface area contributed by atoms with E-state index in [1.54, 1.807) is 0 Å². The van der Waals surface area contributed by atoms with Gasteiger partial charge in [-0.15, -0.1) is 0 Å². The predicted molar refractivity (Wildman–Crippen MR) is 155 cm³/mol. The number of rotatable bonds is 11. The van der Waals surface area contributed by atoms with Gasteiger partial charge in [-0.05, 0) is 92.7 Å². The second-order valence-corrected chi connectivity index (χ2v) is 12.3. The Labute approximate surface area is 227 Å². The normalized spacial score (nSPS) is 22.9. The molecule has 0 spiro atoms. The highest BCUT2D eigenvalue weighted by Crippen LogP contribution is 2.39. The number of Topliss-reactive ketones (excluding diaryl/α,β-unsaturated/α-hetero) is 3. The van der Waals surface area contributed by atoms with Gasteiger partial charge in [0.25, 0.3) is 0 Å². The Morgan fingerprint density at radius 2 is 1.62 bits per heavy atom. The fourth-order valence-electron chi connectivity index (χ4n) is 6.84. The molecule has 0 aliphatic heterocycles. The van der Waals surface area contributed by atoms with E-state index >= 15 is 0 Å². The fraction of sp³-hybridized carbons (Fsp3) is 0.735. The Bertz CT molecular complexity index is 891. The molecule has 3 nitrogen and oxygen atoms in total. The number of carbonyl (C=O) groups excluding carboxylic acids is 3. The highest BCUT2D eigenvalue weighted by atomic mass is 16.1. The summed E-state index contributed by atoms with van der Waals surface area (Å²) in [5, 5.41) is 0. The summed E-state index contributed by atoms with van der Waals surface area (Å²) in [6.45, 7) is 14.4. The number of hydrogen-bond acceptors (Lipinski definition) is 3. The number of fused-ring (bicyclic) bond motifs is 1. The van der Waals surface area contributed by atoms with Crippen LogP contribution in [0.3, 0.4) is 0 Å². The van der Waals surface area contributed by atoms with E-state index in [9.17, 15) is 14.4 Å². The molecular formula is C34H54O3. The van der Waals surface area contributed by atoms with Gasteiger partial charge in [0.15, 0.2) is 5.78 Å². The quantitative estimate of drug-likeness (QED) is 0.279. The van der Waals surface area contributed by atoms with Gasteiger partial charge in [0.05, 0.1) is 6.42 Å². The van der Waals surface area contributed by atoms with Crippen LogP contribution in [-0.2, 0) is 22.4 Å². The molecule has 2 aliphatic rings. The molecule has 1 fully saturated rings. The maximum absolute atomic E-state index is 13.4. The molecule has 208 valence electrons. The summed E-state index contributed by atoms with van der Waals surface area (Å²) < 4.78 is 0. The summed E-state index contributed by atoms with van der Waals surface area (Å²) in [5.74, 6) is 2.42. The average molecular weight is 511 g/mol. The van der Waals surface area contributed by atoms with Crippen molar-refractivity contribution in [2.24, 2.45) is 29.6 Å². The first kappa shape index (κ1) is 31.4. The van der Waals surface area contributed by atoms with Gasteiger partial charge >= 0.3 is 0 Å². The predicted octanol–water partition coefficient (Wildman–Crippen LogP) is 8.91. The van der Waals surface area contributed by atoms with E-state index in [0.717, 1.165) is 61.5 Å². The second kappa shape index (κ2) is 15.6. The Morgan fingerprint density at radius 1 is 0.973 bits per heavy atom. The SMILES string of the molecule is CCC.CCCC(CC1CC(=O)c2c(C)ccc(CC3CCC(C)CC3)c2C1)C(CC)C(=O)CC(C)=O. The van der Waals surface area contributed by atoms with Gasteiger partial charge in [0.1, 0.15) is 11.6 Å². The lowest BCUT2D eigenvalue weighted by molar-refractivity contribution is -0.129. The molecule has 0 bridgehead atoms. The van der Waals surface area contributed by atoms with E-state index in [2.05, 4.69) is 53.7 Å². The van der Waals surface area contributed by atoms with Crippen molar-refractivity contribution in [1.29, 1.82) is 0 Å². The van der Waals surface area contributed by atoms with Crippen LogP contribution in [0.5, 0.6) is 0 Å². The summed E-state index contributed by atoms with van der Waals surface area (Å²) in [4.78, 5) is 37.8. The minimum absolute atomic E-state index is 0.0438. The molecule has 0 amide bonds. The second-order valence-electron chi connectivity index (χ2n) is 12.3. The van der Waals surface area contributed by atoms with Gasteiger partial charge in [-0.1, -0.05) is 78.9 Å². The molecule has 0 radical (unpaired) electrons. The topological polar surface area (TPSA) is 51.2 Å². The molecule has 1 aromatic carbocycles. The smallest absolute Gasteiger partial charge is 0.163 e. The van der Waals surface area contributed by atoms with Crippen LogP contribution in [-0.4, -0.2) is 17.3 Å². The van der Waals surface area contributed by atoms with E-state index in [-0.39, 0.29) is 29.8 Å². The first-order chi connectivity index (χ1) is 17.6. The number of ketones is 3. The maximum Gasteiger partial charge on any atom is 0.163 e. The number of hydrogen-bond donors (Lipinski definition) is 0. The van der Waals surface area contributed by atoms with Gasteiger partial charge in [-0.25, -0.2) is 0 Å². The molecular weight excluding hydrogens is 456 g/mol. The van der Waals surface area contributed by atoms with Crippen LogP contribution in [0.15, 0.2) is 12.1 Å². The van der Waals surface area contributed by atoms with E-state index in [0.29, 0.717) is 18.1 Å². The van der Waals surface area contributed by atoms with E-state index < -0.39 is 0 Å². The Hall–Kier alpha value is -1.77. The molecule has 2 aliphatic carbocycles. The van der Waals surface area contributed by atoms with Gasteiger partial charge < -0.3 is 0 Å². The minimum atomic E-state index is -0.0680. The van der Waals surface area contributed by atoms with Crippen LogP contribution in [0.2, 0.25) is 0 Å². The summed E-state index contributed by atoms with van der Waals surface area (Å²) in [6, 6.07) is 4.45. The molecule has 1 saturated carbocycles. The highest BCUT2D eigenvalue weighted by molar-refractivity contribution is 6.00. The summed E-state index contributed by atoms with van der Waals surface area (Å²) in [7, 11) is 0. The van der Waals surface area contributed by atoms with Crippen LogP contribution in [0, 0.1) is 36.5 Å². The van der Waals surface area contributed by atoms with E-state index in [1.165, 1.54) is 50.2 Å².